The van der Waals surface area contributed by atoms with E-state index >= 15 is 0 Å². The van der Waals surface area contributed by atoms with Gasteiger partial charge in [-0.2, -0.15) is 0 Å². The molecule has 1 unspecified atom stereocenters. The van der Waals surface area contributed by atoms with Crippen LogP contribution < -0.4 is 5.32 Å². The molecule has 2 aromatic carbocycles. The molecule has 114 valence electrons. The number of amides is 1. The number of furan rings is 1. The maximum absolute atomic E-state index is 11.9. The second-order valence-corrected chi connectivity index (χ2v) is 5.58. The highest BCUT2D eigenvalue weighted by molar-refractivity contribution is 6.06. The molecule has 1 atom stereocenters. The monoisotopic (exact) mass is 297 g/mol. The Hall–Kier alpha value is -2.33. The van der Waals surface area contributed by atoms with Gasteiger partial charge in [0.05, 0.1) is 12.5 Å². The molecule has 3 aromatic rings. The standard InChI is InChI=1S/C18H19NO3/c1-12(20)8-9-19-18(21)11-14-10-16-15-5-3-2-4-13(15)6-7-17(16)22-14/h2-7,10,12,20H,8-9,11H2,1H3,(H,19,21). The van der Waals surface area contributed by atoms with Crippen molar-refractivity contribution in [3.8, 4) is 0 Å². The fraction of sp³-hybridized carbons (Fsp3) is 0.278. The average Bonchev–Trinajstić information content (AvgIpc) is 2.89. The zero-order valence-corrected chi connectivity index (χ0v) is 12.5. The van der Waals surface area contributed by atoms with Crippen LogP contribution in [0.15, 0.2) is 46.9 Å². The van der Waals surface area contributed by atoms with E-state index in [-0.39, 0.29) is 12.3 Å². The van der Waals surface area contributed by atoms with Crippen molar-refractivity contribution in [2.45, 2.75) is 25.9 Å². The molecule has 0 radical (unpaired) electrons. The Morgan fingerprint density at radius 3 is 2.86 bits per heavy atom. The highest BCUT2D eigenvalue weighted by Gasteiger charge is 2.11. The molecule has 0 aliphatic heterocycles. The molecule has 0 aliphatic carbocycles. The Morgan fingerprint density at radius 2 is 2.05 bits per heavy atom. The van der Waals surface area contributed by atoms with E-state index in [1.54, 1.807) is 6.92 Å². The Bertz CT molecular complexity index is 804. The van der Waals surface area contributed by atoms with Crippen LogP contribution in [0.3, 0.4) is 0 Å². The first-order valence-electron chi connectivity index (χ1n) is 7.48. The molecule has 1 amide bonds. The molecule has 4 heteroatoms. The van der Waals surface area contributed by atoms with Gasteiger partial charge in [0, 0.05) is 11.9 Å². The first-order chi connectivity index (χ1) is 10.6. The lowest BCUT2D eigenvalue weighted by Gasteiger charge is -2.05. The Balaban J connectivity index is 1.77. The number of carbonyl (C=O) groups excluding carboxylic acids is 1. The van der Waals surface area contributed by atoms with Crippen molar-refractivity contribution in [2.24, 2.45) is 0 Å². The molecular formula is C18H19NO3. The summed E-state index contributed by atoms with van der Waals surface area (Å²) >= 11 is 0. The van der Waals surface area contributed by atoms with Crippen LogP contribution >= 0.6 is 0 Å². The summed E-state index contributed by atoms with van der Waals surface area (Å²) in [5, 5.41) is 15.3. The van der Waals surface area contributed by atoms with Gasteiger partial charge in [0.1, 0.15) is 11.3 Å². The van der Waals surface area contributed by atoms with Crippen molar-refractivity contribution < 1.29 is 14.3 Å². The van der Waals surface area contributed by atoms with Crippen molar-refractivity contribution in [3.05, 3.63) is 48.2 Å². The minimum Gasteiger partial charge on any atom is -0.461 e. The molecular weight excluding hydrogens is 278 g/mol. The molecule has 0 saturated carbocycles. The molecule has 4 nitrogen and oxygen atoms in total. The summed E-state index contributed by atoms with van der Waals surface area (Å²) in [5.41, 5.74) is 0.797. The van der Waals surface area contributed by atoms with E-state index < -0.39 is 6.10 Å². The lowest BCUT2D eigenvalue weighted by Crippen LogP contribution is -2.27. The van der Waals surface area contributed by atoms with E-state index in [2.05, 4.69) is 17.4 Å². The predicted octanol–water partition coefficient (Wildman–Crippen LogP) is 3.02. The molecule has 0 bridgehead atoms. The van der Waals surface area contributed by atoms with E-state index in [1.807, 2.05) is 30.3 Å². The second kappa shape index (κ2) is 6.20. The van der Waals surface area contributed by atoms with Crippen LogP contribution in [0.5, 0.6) is 0 Å². The van der Waals surface area contributed by atoms with E-state index in [4.69, 9.17) is 4.42 Å². The normalized spacial score (nSPS) is 12.6. The van der Waals surface area contributed by atoms with Crippen LogP contribution in [0.1, 0.15) is 19.1 Å². The molecule has 1 heterocycles. The third-order valence-electron chi connectivity index (χ3n) is 3.70. The van der Waals surface area contributed by atoms with Crippen LogP contribution in [0, 0.1) is 0 Å². The van der Waals surface area contributed by atoms with Crippen molar-refractivity contribution in [1.82, 2.24) is 5.32 Å². The van der Waals surface area contributed by atoms with Crippen molar-refractivity contribution in [1.29, 1.82) is 0 Å². The molecule has 0 fully saturated rings. The van der Waals surface area contributed by atoms with Gasteiger partial charge < -0.3 is 14.8 Å². The number of aliphatic hydroxyl groups excluding tert-OH is 1. The summed E-state index contributed by atoms with van der Waals surface area (Å²) in [5.74, 6) is 0.560. The quantitative estimate of drug-likeness (QED) is 0.761. The Morgan fingerprint density at radius 1 is 1.23 bits per heavy atom. The van der Waals surface area contributed by atoms with Crippen LogP contribution in [0.4, 0.5) is 0 Å². The Kier molecular flexibility index (Phi) is 4.11. The van der Waals surface area contributed by atoms with Crippen LogP contribution in [0.25, 0.3) is 21.7 Å². The largest absolute Gasteiger partial charge is 0.461 e. The number of nitrogens with one attached hydrogen (secondary N) is 1. The summed E-state index contributed by atoms with van der Waals surface area (Å²) in [6.07, 6.45) is 0.358. The third kappa shape index (κ3) is 3.12. The maximum atomic E-state index is 11.9. The van der Waals surface area contributed by atoms with Gasteiger partial charge in [-0.05, 0) is 36.2 Å². The van der Waals surface area contributed by atoms with Gasteiger partial charge in [-0.1, -0.05) is 30.3 Å². The van der Waals surface area contributed by atoms with Crippen molar-refractivity contribution in [2.75, 3.05) is 6.54 Å². The van der Waals surface area contributed by atoms with Crippen molar-refractivity contribution >= 4 is 27.6 Å². The van der Waals surface area contributed by atoms with Gasteiger partial charge in [0.15, 0.2) is 0 Å². The fourth-order valence-electron chi connectivity index (χ4n) is 2.57. The van der Waals surface area contributed by atoms with E-state index in [1.165, 1.54) is 0 Å². The lowest BCUT2D eigenvalue weighted by atomic mass is 10.1. The third-order valence-corrected chi connectivity index (χ3v) is 3.70. The molecule has 0 aliphatic rings. The number of fused-ring (bicyclic) bond motifs is 3. The van der Waals surface area contributed by atoms with Crippen LogP contribution in [-0.4, -0.2) is 23.7 Å². The summed E-state index contributed by atoms with van der Waals surface area (Å²) < 4.78 is 5.76. The van der Waals surface area contributed by atoms with Crippen molar-refractivity contribution in [3.63, 3.8) is 0 Å². The summed E-state index contributed by atoms with van der Waals surface area (Å²) in [6.45, 7) is 2.18. The number of hydrogen-bond donors (Lipinski definition) is 2. The maximum Gasteiger partial charge on any atom is 0.227 e. The number of rotatable bonds is 5. The minimum atomic E-state index is -0.405. The highest BCUT2D eigenvalue weighted by atomic mass is 16.3. The second-order valence-electron chi connectivity index (χ2n) is 5.58. The first kappa shape index (κ1) is 14.6. The fourth-order valence-corrected chi connectivity index (χ4v) is 2.57. The molecule has 0 saturated heterocycles. The average molecular weight is 297 g/mol. The zero-order valence-electron chi connectivity index (χ0n) is 12.5. The number of aliphatic hydroxyl groups is 1. The number of carbonyl (C=O) groups is 1. The van der Waals surface area contributed by atoms with Gasteiger partial charge in [0.25, 0.3) is 0 Å². The van der Waals surface area contributed by atoms with Gasteiger partial charge in [-0.25, -0.2) is 0 Å². The van der Waals surface area contributed by atoms with E-state index in [0.717, 1.165) is 21.7 Å². The van der Waals surface area contributed by atoms with Crippen LogP contribution in [0.2, 0.25) is 0 Å². The van der Waals surface area contributed by atoms with Gasteiger partial charge in [-0.3, -0.25) is 4.79 Å². The zero-order chi connectivity index (χ0) is 15.5. The Labute approximate surface area is 128 Å². The smallest absolute Gasteiger partial charge is 0.227 e. The number of benzene rings is 2. The van der Waals surface area contributed by atoms with E-state index in [9.17, 15) is 9.90 Å². The summed E-state index contributed by atoms with van der Waals surface area (Å²) in [7, 11) is 0. The summed E-state index contributed by atoms with van der Waals surface area (Å²) in [6, 6.07) is 14.0. The minimum absolute atomic E-state index is 0.0935. The summed E-state index contributed by atoms with van der Waals surface area (Å²) in [4.78, 5) is 11.9. The molecule has 0 spiro atoms. The molecule has 1 aromatic heterocycles. The van der Waals surface area contributed by atoms with Gasteiger partial charge in [0.2, 0.25) is 5.91 Å². The van der Waals surface area contributed by atoms with Gasteiger partial charge >= 0.3 is 0 Å². The highest BCUT2D eigenvalue weighted by Crippen LogP contribution is 2.28. The number of hydrogen-bond acceptors (Lipinski definition) is 3. The first-order valence-corrected chi connectivity index (χ1v) is 7.48. The molecule has 2 N–H and O–H groups in total. The SMILES string of the molecule is CC(O)CCNC(=O)Cc1cc2c(ccc3ccccc32)o1. The molecule has 3 rings (SSSR count). The molecule has 22 heavy (non-hydrogen) atoms. The van der Waals surface area contributed by atoms with Gasteiger partial charge in [-0.15, -0.1) is 0 Å². The topological polar surface area (TPSA) is 62.5 Å². The predicted molar refractivity (Wildman–Crippen MR) is 86.7 cm³/mol. The van der Waals surface area contributed by atoms with E-state index in [0.29, 0.717) is 18.7 Å². The lowest BCUT2D eigenvalue weighted by molar-refractivity contribution is -0.120. The van der Waals surface area contributed by atoms with Crippen LogP contribution in [-0.2, 0) is 11.2 Å².